The summed E-state index contributed by atoms with van der Waals surface area (Å²) in [5.74, 6) is 0.447. The lowest BCUT2D eigenvalue weighted by atomic mass is 10.1. The topological polar surface area (TPSA) is 103 Å². The standard InChI is InChI=1S/C23H23N3O5S2/c1-33(29,30)19-10-8-17(9-11-19)31-21-6-4-5-20(23(21)26(27)28)25-15-12-18(13-16-25)32-22-7-2-3-14-24-22/h2-11,14,18H,12-13,15-16H2,1H3. The molecule has 0 bridgehead atoms. The molecule has 0 amide bonds. The van der Waals surface area contributed by atoms with Gasteiger partial charge in [-0.2, -0.15) is 0 Å². The summed E-state index contributed by atoms with van der Waals surface area (Å²) < 4.78 is 29.1. The van der Waals surface area contributed by atoms with Crippen LogP contribution in [0.3, 0.4) is 0 Å². The fourth-order valence-electron chi connectivity index (χ4n) is 3.72. The van der Waals surface area contributed by atoms with Gasteiger partial charge in [-0.25, -0.2) is 13.4 Å². The van der Waals surface area contributed by atoms with E-state index in [4.69, 9.17) is 4.74 Å². The van der Waals surface area contributed by atoms with Crippen LogP contribution in [0.4, 0.5) is 11.4 Å². The van der Waals surface area contributed by atoms with E-state index in [1.165, 1.54) is 24.3 Å². The molecule has 0 aliphatic carbocycles. The number of benzene rings is 2. The SMILES string of the molecule is CS(=O)(=O)c1ccc(Oc2cccc(N3CCC(Sc4ccccn4)CC3)c2[N+](=O)[O-])cc1. The lowest BCUT2D eigenvalue weighted by molar-refractivity contribution is -0.384. The molecule has 2 aromatic carbocycles. The van der Waals surface area contributed by atoms with Crippen molar-refractivity contribution in [2.24, 2.45) is 0 Å². The number of ether oxygens (including phenoxy) is 1. The van der Waals surface area contributed by atoms with E-state index in [1.54, 1.807) is 36.2 Å². The number of rotatable bonds is 7. The van der Waals surface area contributed by atoms with E-state index in [-0.39, 0.29) is 16.3 Å². The van der Waals surface area contributed by atoms with Gasteiger partial charge in [0.05, 0.1) is 14.8 Å². The average molecular weight is 486 g/mol. The van der Waals surface area contributed by atoms with Gasteiger partial charge in [0.15, 0.2) is 9.84 Å². The van der Waals surface area contributed by atoms with E-state index in [9.17, 15) is 18.5 Å². The molecule has 33 heavy (non-hydrogen) atoms. The predicted octanol–water partition coefficient (Wildman–Crippen LogP) is 4.95. The molecule has 4 rings (SSSR count). The van der Waals surface area contributed by atoms with Crippen LogP contribution in [0.1, 0.15) is 12.8 Å². The van der Waals surface area contributed by atoms with Gasteiger partial charge in [0, 0.05) is 30.8 Å². The number of nitro benzene ring substituents is 1. The molecule has 0 unspecified atom stereocenters. The first-order chi connectivity index (χ1) is 15.8. The summed E-state index contributed by atoms with van der Waals surface area (Å²) in [5, 5.41) is 13.4. The lowest BCUT2D eigenvalue weighted by Gasteiger charge is -2.33. The minimum atomic E-state index is -3.34. The molecular weight excluding hydrogens is 462 g/mol. The smallest absolute Gasteiger partial charge is 0.334 e. The molecule has 1 fully saturated rings. The zero-order valence-corrected chi connectivity index (χ0v) is 19.6. The Hall–Kier alpha value is -3.11. The monoisotopic (exact) mass is 485 g/mol. The van der Waals surface area contributed by atoms with Crippen molar-refractivity contribution in [1.82, 2.24) is 4.98 Å². The largest absolute Gasteiger partial charge is 0.450 e. The molecule has 0 N–H and O–H groups in total. The van der Waals surface area contributed by atoms with Crippen LogP contribution in [-0.4, -0.2) is 42.9 Å². The number of piperidine rings is 1. The van der Waals surface area contributed by atoms with Gasteiger partial charge in [-0.05, 0) is 61.4 Å². The normalized spacial score (nSPS) is 14.8. The van der Waals surface area contributed by atoms with Gasteiger partial charge >= 0.3 is 5.69 Å². The number of anilines is 1. The Morgan fingerprint density at radius 3 is 2.39 bits per heavy atom. The van der Waals surface area contributed by atoms with E-state index in [1.807, 2.05) is 23.1 Å². The highest BCUT2D eigenvalue weighted by atomic mass is 32.2. The number of thioether (sulfide) groups is 1. The summed E-state index contributed by atoms with van der Waals surface area (Å²) in [5.41, 5.74) is 0.423. The summed E-state index contributed by atoms with van der Waals surface area (Å²) in [6.45, 7) is 1.38. The molecule has 1 aliphatic heterocycles. The Balaban J connectivity index is 1.50. The van der Waals surface area contributed by atoms with Crippen molar-refractivity contribution < 1.29 is 18.1 Å². The van der Waals surface area contributed by atoms with Crippen molar-refractivity contribution in [3.63, 3.8) is 0 Å². The van der Waals surface area contributed by atoms with Crippen LogP contribution in [0.25, 0.3) is 0 Å². The molecule has 10 heteroatoms. The molecule has 1 aromatic heterocycles. The second-order valence-corrected chi connectivity index (χ2v) is 11.0. The highest BCUT2D eigenvalue weighted by molar-refractivity contribution is 7.99. The summed E-state index contributed by atoms with van der Waals surface area (Å²) in [7, 11) is -3.34. The van der Waals surface area contributed by atoms with Crippen molar-refractivity contribution in [1.29, 1.82) is 0 Å². The zero-order chi connectivity index (χ0) is 23.4. The Labute approximate surface area is 196 Å². The van der Waals surface area contributed by atoms with Crippen molar-refractivity contribution in [3.05, 3.63) is 77.0 Å². The minimum Gasteiger partial charge on any atom is -0.450 e. The maximum Gasteiger partial charge on any atom is 0.334 e. The Morgan fingerprint density at radius 2 is 1.79 bits per heavy atom. The number of nitrogens with zero attached hydrogens (tertiary/aromatic N) is 3. The first-order valence-corrected chi connectivity index (χ1v) is 13.2. The number of aromatic nitrogens is 1. The Kier molecular flexibility index (Phi) is 6.85. The third kappa shape index (κ3) is 5.63. The van der Waals surface area contributed by atoms with E-state index in [0.717, 1.165) is 24.1 Å². The van der Waals surface area contributed by atoms with Gasteiger partial charge in [0.2, 0.25) is 5.75 Å². The van der Waals surface area contributed by atoms with Gasteiger partial charge < -0.3 is 9.64 Å². The second-order valence-electron chi connectivity index (χ2n) is 7.70. The number of nitro groups is 1. The molecule has 2 heterocycles. The summed E-state index contributed by atoms with van der Waals surface area (Å²) in [6, 6.07) is 16.7. The summed E-state index contributed by atoms with van der Waals surface area (Å²) in [6.07, 6.45) is 4.67. The van der Waals surface area contributed by atoms with E-state index < -0.39 is 14.8 Å². The van der Waals surface area contributed by atoms with Gasteiger partial charge in [-0.3, -0.25) is 10.1 Å². The molecule has 3 aromatic rings. The van der Waals surface area contributed by atoms with Gasteiger partial charge in [-0.1, -0.05) is 12.1 Å². The quantitative estimate of drug-likeness (QED) is 0.342. The van der Waals surface area contributed by atoms with Crippen LogP contribution >= 0.6 is 11.8 Å². The number of hydrogen-bond donors (Lipinski definition) is 0. The minimum absolute atomic E-state index is 0.0967. The molecule has 0 atom stereocenters. The third-order valence-corrected chi connectivity index (χ3v) is 7.76. The van der Waals surface area contributed by atoms with Crippen LogP contribution < -0.4 is 9.64 Å². The fraction of sp³-hybridized carbons (Fsp3) is 0.261. The molecule has 0 saturated carbocycles. The highest BCUT2D eigenvalue weighted by Gasteiger charge is 2.29. The lowest BCUT2D eigenvalue weighted by Crippen LogP contribution is -2.35. The molecule has 0 spiro atoms. The van der Waals surface area contributed by atoms with Gasteiger partial charge in [0.1, 0.15) is 11.4 Å². The van der Waals surface area contributed by atoms with Crippen molar-refractivity contribution >= 4 is 33.0 Å². The van der Waals surface area contributed by atoms with E-state index >= 15 is 0 Å². The van der Waals surface area contributed by atoms with Crippen molar-refractivity contribution in [2.75, 3.05) is 24.2 Å². The van der Waals surface area contributed by atoms with Gasteiger partial charge in [0.25, 0.3) is 0 Å². The maximum atomic E-state index is 12.0. The molecule has 172 valence electrons. The van der Waals surface area contributed by atoms with E-state index in [0.29, 0.717) is 29.8 Å². The predicted molar refractivity (Wildman–Crippen MR) is 128 cm³/mol. The van der Waals surface area contributed by atoms with Crippen LogP contribution in [0.15, 0.2) is 76.8 Å². The van der Waals surface area contributed by atoms with Crippen LogP contribution in [-0.2, 0) is 9.84 Å². The third-order valence-electron chi connectivity index (χ3n) is 5.35. The molecule has 1 aliphatic rings. The summed E-state index contributed by atoms with van der Waals surface area (Å²) >= 11 is 1.74. The average Bonchev–Trinajstić information content (AvgIpc) is 2.80. The fourth-order valence-corrected chi connectivity index (χ4v) is 5.41. The summed E-state index contributed by atoms with van der Waals surface area (Å²) in [4.78, 5) is 18.1. The van der Waals surface area contributed by atoms with Crippen molar-refractivity contribution in [2.45, 2.75) is 28.0 Å². The molecule has 0 radical (unpaired) electrons. The number of sulfone groups is 1. The Morgan fingerprint density at radius 1 is 1.06 bits per heavy atom. The van der Waals surface area contributed by atoms with E-state index in [2.05, 4.69) is 4.98 Å². The number of hydrogen-bond acceptors (Lipinski definition) is 8. The van der Waals surface area contributed by atoms with Crippen LogP contribution in [0.2, 0.25) is 0 Å². The second kappa shape index (κ2) is 9.80. The zero-order valence-electron chi connectivity index (χ0n) is 18.0. The number of pyridine rings is 1. The molecule has 8 nitrogen and oxygen atoms in total. The molecular formula is C23H23N3O5S2. The Bertz CT molecular complexity index is 1230. The van der Waals surface area contributed by atoms with Crippen LogP contribution in [0, 0.1) is 10.1 Å². The van der Waals surface area contributed by atoms with Gasteiger partial charge in [-0.15, -0.1) is 11.8 Å². The van der Waals surface area contributed by atoms with Crippen molar-refractivity contribution in [3.8, 4) is 11.5 Å². The first-order valence-electron chi connectivity index (χ1n) is 10.4. The highest BCUT2D eigenvalue weighted by Crippen LogP contribution is 2.41. The first kappa shape index (κ1) is 23.1. The van der Waals surface area contributed by atoms with Crippen LogP contribution in [0.5, 0.6) is 11.5 Å². The molecule has 1 saturated heterocycles. The maximum absolute atomic E-state index is 12.0. The number of para-hydroxylation sites is 1.